The molecule has 0 atom stereocenters. The van der Waals surface area contributed by atoms with Gasteiger partial charge in [-0.3, -0.25) is 15.0 Å². The molecule has 0 aliphatic heterocycles. The number of halogens is 1. The van der Waals surface area contributed by atoms with Gasteiger partial charge >= 0.3 is 0 Å². The third kappa shape index (κ3) is 13.1. The molecular formula is C60H59ClN6. The fraction of sp³-hybridized carbons (Fsp3) is 0.150. The Hall–Kier alpha value is -7.54. The molecule has 0 fully saturated rings. The fourth-order valence-corrected chi connectivity index (χ4v) is 7.95. The summed E-state index contributed by atoms with van der Waals surface area (Å²) >= 11 is 5.89. The number of benzene rings is 6. The maximum Gasteiger partial charge on any atom is 0.0705 e. The highest BCUT2D eigenvalue weighted by atomic mass is 35.5. The minimum absolute atomic E-state index is 0.792. The SMILES string of the molecule is Cc1ccc2[nH]c(C)cc2c1.Cc1ccc2c(C)c[nH]c2c1.Cc1ccc2c(Cl)c[nH]c2c1.Cc1ccc2cnccc2c1.Cc1ccc2nc(C)ccc2c1.Cc1ccc2ncccc2c1. The molecule has 0 saturated heterocycles. The van der Waals surface area contributed by atoms with Gasteiger partial charge in [-0.25, -0.2) is 0 Å². The molecule has 7 heteroatoms. The topological polar surface area (TPSA) is 86.0 Å². The number of hydrogen-bond acceptors (Lipinski definition) is 3. The molecule has 12 aromatic rings. The molecule has 6 aromatic heterocycles. The van der Waals surface area contributed by atoms with Crippen molar-refractivity contribution in [2.24, 2.45) is 0 Å². The van der Waals surface area contributed by atoms with Gasteiger partial charge in [0.2, 0.25) is 0 Å². The monoisotopic (exact) mass is 898 g/mol. The average molecular weight is 900 g/mol. The second-order valence-corrected chi connectivity index (χ2v) is 17.7. The van der Waals surface area contributed by atoms with Crippen molar-refractivity contribution in [2.75, 3.05) is 0 Å². The summed E-state index contributed by atoms with van der Waals surface area (Å²) in [6.45, 7) is 18.8. The molecule has 67 heavy (non-hydrogen) atoms. The smallest absolute Gasteiger partial charge is 0.0705 e. The van der Waals surface area contributed by atoms with Crippen molar-refractivity contribution in [2.45, 2.75) is 62.3 Å². The lowest BCUT2D eigenvalue weighted by atomic mass is 10.1. The molecular weight excluding hydrogens is 840 g/mol. The van der Waals surface area contributed by atoms with Crippen LogP contribution in [0, 0.1) is 62.3 Å². The van der Waals surface area contributed by atoms with Crippen molar-refractivity contribution in [3.05, 3.63) is 232 Å². The third-order valence-electron chi connectivity index (χ3n) is 11.3. The number of nitrogens with zero attached hydrogens (tertiary/aromatic N) is 3. The Bertz CT molecular complexity index is 3350. The first-order valence-corrected chi connectivity index (χ1v) is 22.9. The van der Waals surface area contributed by atoms with Crippen LogP contribution in [0.3, 0.4) is 0 Å². The Balaban J connectivity index is 0.000000119. The number of nitrogens with one attached hydrogen (secondary N) is 3. The zero-order valence-electron chi connectivity index (χ0n) is 40.0. The van der Waals surface area contributed by atoms with Gasteiger partial charge in [-0.05, 0) is 163 Å². The van der Waals surface area contributed by atoms with Gasteiger partial charge in [0.1, 0.15) is 0 Å². The average Bonchev–Trinajstić information content (AvgIpc) is 4.01. The van der Waals surface area contributed by atoms with Crippen molar-refractivity contribution in [1.29, 1.82) is 0 Å². The summed E-state index contributed by atoms with van der Waals surface area (Å²) in [5, 5.41) is 9.43. The molecule has 6 nitrogen and oxygen atoms in total. The number of aromatic nitrogens is 6. The van der Waals surface area contributed by atoms with E-state index in [1.165, 1.54) is 88.0 Å². The van der Waals surface area contributed by atoms with Crippen LogP contribution < -0.4 is 0 Å². The Labute approximate surface area is 399 Å². The minimum atomic E-state index is 0.792. The first-order valence-electron chi connectivity index (χ1n) is 22.6. The van der Waals surface area contributed by atoms with E-state index in [0.29, 0.717) is 0 Å². The van der Waals surface area contributed by atoms with Crippen LogP contribution in [-0.4, -0.2) is 29.9 Å². The third-order valence-corrected chi connectivity index (χ3v) is 11.6. The normalized spacial score (nSPS) is 10.5. The molecule has 6 aromatic carbocycles. The fourth-order valence-electron chi connectivity index (χ4n) is 7.73. The van der Waals surface area contributed by atoms with Gasteiger partial charge in [0.25, 0.3) is 0 Å². The highest BCUT2D eigenvalue weighted by Crippen LogP contribution is 2.23. The van der Waals surface area contributed by atoms with Gasteiger partial charge in [-0.1, -0.05) is 107 Å². The van der Waals surface area contributed by atoms with Crippen LogP contribution in [0.1, 0.15) is 50.3 Å². The lowest BCUT2D eigenvalue weighted by Gasteiger charge is -1.99. The Morgan fingerprint density at radius 3 is 1.70 bits per heavy atom. The van der Waals surface area contributed by atoms with E-state index < -0.39 is 0 Å². The summed E-state index contributed by atoms with van der Waals surface area (Å²) in [6.07, 6.45) is 9.38. The van der Waals surface area contributed by atoms with E-state index in [-0.39, 0.29) is 0 Å². The quantitative estimate of drug-likeness (QED) is 0.142. The van der Waals surface area contributed by atoms with Crippen LogP contribution in [-0.2, 0) is 0 Å². The van der Waals surface area contributed by atoms with E-state index in [1.807, 2.05) is 68.2 Å². The largest absolute Gasteiger partial charge is 0.361 e. The van der Waals surface area contributed by atoms with Crippen LogP contribution in [0.25, 0.3) is 65.3 Å². The second-order valence-electron chi connectivity index (χ2n) is 17.3. The van der Waals surface area contributed by atoms with Gasteiger partial charge in [-0.2, -0.15) is 0 Å². The summed E-state index contributed by atoms with van der Waals surface area (Å²) < 4.78 is 0. The van der Waals surface area contributed by atoms with Crippen molar-refractivity contribution < 1.29 is 0 Å². The van der Waals surface area contributed by atoms with Crippen LogP contribution in [0.2, 0.25) is 5.02 Å². The van der Waals surface area contributed by atoms with Crippen molar-refractivity contribution in [3.63, 3.8) is 0 Å². The van der Waals surface area contributed by atoms with Gasteiger partial charge in [-0.15, -0.1) is 0 Å². The maximum absolute atomic E-state index is 5.89. The molecule has 336 valence electrons. The predicted molar refractivity (Wildman–Crippen MR) is 288 cm³/mol. The first kappa shape index (κ1) is 47.4. The van der Waals surface area contributed by atoms with E-state index in [1.54, 1.807) is 0 Å². The number of aryl methyl sites for hydroxylation is 9. The zero-order chi connectivity index (χ0) is 47.5. The number of fused-ring (bicyclic) bond motifs is 6. The molecule has 0 radical (unpaired) electrons. The molecule has 12 rings (SSSR count). The molecule has 3 N–H and O–H groups in total. The van der Waals surface area contributed by atoms with Crippen LogP contribution >= 0.6 is 11.6 Å². The summed E-state index contributed by atoms with van der Waals surface area (Å²) in [4.78, 5) is 22.3. The lowest BCUT2D eigenvalue weighted by molar-refractivity contribution is 1.25. The van der Waals surface area contributed by atoms with Crippen LogP contribution in [0.4, 0.5) is 0 Å². The number of H-pyrrole nitrogens is 3. The maximum atomic E-state index is 5.89. The summed E-state index contributed by atoms with van der Waals surface area (Å²) in [7, 11) is 0. The second kappa shape index (κ2) is 22.1. The number of hydrogen-bond donors (Lipinski definition) is 3. The Morgan fingerprint density at radius 2 is 0.970 bits per heavy atom. The highest BCUT2D eigenvalue weighted by Gasteiger charge is 2.00. The predicted octanol–water partition coefficient (Wildman–Crippen LogP) is 16.6. The van der Waals surface area contributed by atoms with Crippen molar-refractivity contribution in [3.8, 4) is 0 Å². The van der Waals surface area contributed by atoms with E-state index in [9.17, 15) is 0 Å². The number of pyridine rings is 3. The Kier molecular flexibility index (Phi) is 15.6. The lowest BCUT2D eigenvalue weighted by Crippen LogP contribution is -1.82. The van der Waals surface area contributed by atoms with E-state index in [2.05, 4.69) is 201 Å². The molecule has 0 amide bonds. The van der Waals surface area contributed by atoms with Crippen LogP contribution in [0.5, 0.6) is 0 Å². The molecule has 0 spiro atoms. The highest BCUT2D eigenvalue weighted by molar-refractivity contribution is 6.35. The van der Waals surface area contributed by atoms with Crippen molar-refractivity contribution in [1.82, 2.24) is 29.9 Å². The molecule has 0 aliphatic carbocycles. The molecule has 0 saturated carbocycles. The summed E-state index contributed by atoms with van der Waals surface area (Å²) in [6, 6.07) is 50.4. The van der Waals surface area contributed by atoms with E-state index in [4.69, 9.17) is 11.6 Å². The number of rotatable bonds is 0. The molecule has 0 bridgehead atoms. The summed E-state index contributed by atoms with van der Waals surface area (Å²) in [5.74, 6) is 0. The zero-order valence-corrected chi connectivity index (χ0v) is 40.7. The summed E-state index contributed by atoms with van der Waals surface area (Å²) in [5.41, 5.74) is 17.1. The van der Waals surface area contributed by atoms with E-state index >= 15 is 0 Å². The minimum Gasteiger partial charge on any atom is -0.361 e. The van der Waals surface area contributed by atoms with Gasteiger partial charge in [0.15, 0.2) is 0 Å². The molecule has 0 unspecified atom stereocenters. The molecule has 6 heterocycles. The standard InChI is InChI=1S/C11H11N.2C10H11N.2C10H9N.C9H8ClN/c1-8-3-6-11-10(7-8)5-4-9(2)12-11;1-7-3-4-10-9(5-7)6-8(2)11-10;1-7-3-4-9-8(2)6-11-10(9)5-7;1-8-2-3-10-7-11-5-4-9(10)6-8;1-8-4-5-10-9(7-8)3-2-6-11-10;1-6-2-3-7-8(10)5-11-9(7)4-6/h3-7H,1-2H3;2*3-6,11H,1-2H3;2*2-7H,1H3;2-5,11H,1H3. The Morgan fingerprint density at radius 1 is 0.418 bits per heavy atom. The van der Waals surface area contributed by atoms with Gasteiger partial charge in [0, 0.05) is 85.9 Å². The molecule has 0 aliphatic rings. The van der Waals surface area contributed by atoms with Crippen molar-refractivity contribution >= 4 is 76.9 Å². The first-order chi connectivity index (χ1) is 32.3. The van der Waals surface area contributed by atoms with E-state index in [0.717, 1.165) is 32.7 Å². The van der Waals surface area contributed by atoms with Gasteiger partial charge < -0.3 is 15.0 Å². The number of aromatic amines is 3. The van der Waals surface area contributed by atoms with Crippen LogP contribution in [0.15, 0.2) is 177 Å². The van der Waals surface area contributed by atoms with Gasteiger partial charge in [0.05, 0.1) is 16.1 Å².